The Labute approximate surface area is 92.6 Å². The van der Waals surface area contributed by atoms with Crippen LogP contribution in [0.15, 0.2) is 12.3 Å². The molecule has 0 saturated heterocycles. The molecule has 0 aliphatic heterocycles. The van der Waals surface area contributed by atoms with Crippen molar-refractivity contribution >= 4 is 28.6 Å². The lowest BCUT2D eigenvalue weighted by molar-refractivity contribution is 0.0587. The highest BCUT2D eigenvalue weighted by molar-refractivity contribution is 14.1. The minimum atomic E-state index is -2.71. The van der Waals surface area contributed by atoms with Gasteiger partial charge in [-0.15, -0.1) is 0 Å². The van der Waals surface area contributed by atoms with Gasteiger partial charge in [-0.05, 0) is 28.7 Å². The van der Waals surface area contributed by atoms with Crippen molar-refractivity contribution in [1.82, 2.24) is 4.98 Å². The molecule has 0 radical (unpaired) electrons. The molecule has 0 bridgehead atoms. The van der Waals surface area contributed by atoms with E-state index < -0.39 is 12.4 Å². The zero-order valence-corrected chi connectivity index (χ0v) is 9.29. The Balaban J connectivity index is 3.29. The molecular weight excluding hydrogens is 307 g/mol. The van der Waals surface area contributed by atoms with E-state index in [1.54, 1.807) is 22.6 Å². The van der Waals surface area contributed by atoms with Gasteiger partial charge in [-0.3, -0.25) is 0 Å². The van der Waals surface area contributed by atoms with Crippen molar-refractivity contribution in [2.75, 3.05) is 7.11 Å². The standard InChI is InChI=1S/C8H6F2INO2/c1-14-8(13)5-4(6(9)10)2-3-12-7(5)11/h2-3,6H,1H3. The van der Waals surface area contributed by atoms with Crippen LogP contribution >= 0.6 is 22.6 Å². The second-order valence-electron chi connectivity index (χ2n) is 2.36. The van der Waals surface area contributed by atoms with Gasteiger partial charge in [0.15, 0.2) is 0 Å². The number of ether oxygens (including phenoxy) is 1. The second-order valence-corrected chi connectivity index (χ2v) is 3.38. The molecule has 0 fully saturated rings. The number of hydrogen-bond acceptors (Lipinski definition) is 3. The van der Waals surface area contributed by atoms with Crippen LogP contribution < -0.4 is 0 Å². The number of halogens is 3. The van der Waals surface area contributed by atoms with Gasteiger partial charge < -0.3 is 4.74 Å². The third-order valence-electron chi connectivity index (χ3n) is 1.56. The summed E-state index contributed by atoms with van der Waals surface area (Å²) in [4.78, 5) is 14.9. The van der Waals surface area contributed by atoms with Gasteiger partial charge in [0, 0.05) is 11.8 Å². The molecule has 3 nitrogen and oxygen atoms in total. The fourth-order valence-corrected chi connectivity index (χ4v) is 1.63. The summed E-state index contributed by atoms with van der Waals surface area (Å²) in [5.41, 5.74) is -0.512. The molecule has 0 atom stereocenters. The molecule has 6 heteroatoms. The van der Waals surface area contributed by atoms with Gasteiger partial charge in [-0.25, -0.2) is 18.6 Å². The average molecular weight is 313 g/mol. The molecule has 0 spiro atoms. The Hall–Kier alpha value is -0.790. The van der Waals surface area contributed by atoms with E-state index in [9.17, 15) is 13.6 Å². The van der Waals surface area contributed by atoms with E-state index in [0.717, 1.165) is 13.2 Å². The first-order chi connectivity index (χ1) is 6.57. The summed E-state index contributed by atoms with van der Waals surface area (Å²) in [5.74, 6) is -0.794. The molecule has 1 aromatic heterocycles. The molecule has 0 N–H and O–H groups in total. The first kappa shape index (κ1) is 11.3. The smallest absolute Gasteiger partial charge is 0.341 e. The maximum absolute atomic E-state index is 12.5. The average Bonchev–Trinajstić information content (AvgIpc) is 2.16. The number of methoxy groups -OCH3 is 1. The number of alkyl halides is 2. The molecule has 0 aliphatic carbocycles. The highest BCUT2D eigenvalue weighted by Crippen LogP contribution is 2.25. The van der Waals surface area contributed by atoms with Crippen LogP contribution in [0.3, 0.4) is 0 Å². The van der Waals surface area contributed by atoms with Crippen LogP contribution in [0.5, 0.6) is 0 Å². The number of pyridine rings is 1. The zero-order chi connectivity index (χ0) is 10.7. The summed E-state index contributed by atoms with van der Waals surface area (Å²) in [7, 11) is 1.14. The van der Waals surface area contributed by atoms with Gasteiger partial charge in [0.2, 0.25) is 0 Å². The van der Waals surface area contributed by atoms with E-state index in [1.165, 1.54) is 6.20 Å². The highest BCUT2D eigenvalue weighted by atomic mass is 127. The Morgan fingerprint density at radius 2 is 2.29 bits per heavy atom. The minimum absolute atomic E-state index is 0.161. The summed E-state index contributed by atoms with van der Waals surface area (Å²) >= 11 is 1.71. The molecular formula is C8H6F2INO2. The van der Waals surface area contributed by atoms with E-state index in [0.29, 0.717) is 0 Å². The van der Waals surface area contributed by atoms with Gasteiger partial charge in [0.05, 0.1) is 7.11 Å². The van der Waals surface area contributed by atoms with E-state index in [1.807, 2.05) is 0 Å². The van der Waals surface area contributed by atoms with Gasteiger partial charge >= 0.3 is 5.97 Å². The van der Waals surface area contributed by atoms with Crippen LogP contribution in [0.4, 0.5) is 8.78 Å². The zero-order valence-electron chi connectivity index (χ0n) is 7.13. The summed E-state index contributed by atoms with van der Waals surface area (Å²) in [6.07, 6.45) is -1.48. The normalized spacial score (nSPS) is 10.4. The lowest BCUT2D eigenvalue weighted by Gasteiger charge is -2.07. The van der Waals surface area contributed by atoms with Gasteiger partial charge in [-0.1, -0.05) is 0 Å². The van der Waals surface area contributed by atoms with Crippen LogP contribution in [0.25, 0.3) is 0 Å². The van der Waals surface area contributed by atoms with E-state index >= 15 is 0 Å². The SMILES string of the molecule is COC(=O)c1c(C(F)F)ccnc1I. The largest absolute Gasteiger partial charge is 0.465 e. The van der Waals surface area contributed by atoms with Crippen molar-refractivity contribution < 1.29 is 18.3 Å². The predicted molar refractivity (Wildman–Crippen MR) is 53.3 cm³/mol. The molecule has 1 aromatic rings. The molecule has 1 rings (SSSR count). The van der Waals surface area contributed by atoms with Crippen molar-refractivity contribution in [3.8, 4) is 0 Å². The molecule has 0 unspecified atom stereocenters. The monoisotopic (exact) mass is 313 g/mol. The van der Waals surface area contributed by atoms with Crippen molar-refractivity contribution in [3.05, 3.63) is 27.1 Å². The summed E-state index contributed by atoms with van der Waals surface area (Å²) < 4.78 is 29.5. The summed E-state index contributed by atoms with van der Waals surface area (Å²) in [6, 6.07) is 1.11. The first-order valence-electron chi connectivity index (χ1n) is 3.58. The fraction of sp³-hybridized carbons (Fsp3) is 0.250. The molecule has 0 aromatic carbocycles. The third-order valence-corrected chi connectivity index (χ3v) is 2.38. The first-order valence-corrected chi connectivity index (χ1v) is 4.66. The molecule has 76 valence electrons. The maximum atomic E-state index is 12.5. The summed E-state index contributed by atoms with van der Waals surface area (Å²) in [6.45, 7) is 0. The van der Waals surface area contributed by atoms with E-state index in [-0.39, 0.29) is 14.8 Å². The number of aromatic nitrogens is 1. The Morgan fingerprint density at radius 3 is 2.79 bits per heavy atom. The summed E-state index contributed by atoms with van der Waals surface area (Å²) in [5, 5.41) is 0. The number of hydrogen-bond donors (Lipinski definition) is 0. The van der Waals surface area contributed by atoms with Gasteiger partial charge in [0.25, 0.3) is 6.43 Å². The predicted octanol–water partition coefficient (Wildman–Crippen LogP) is 2.41. The topological polar surface area (TPSA) is 39.2 Å². The van der Waals surface area contributed by atoms with Crippen LogP contribution in [-0.4, -0.2) is 18.1 Å². The van der Waals surface area contributed by atoms with Crippen LogP contribution in [-0.2, 0) is 4.74 Å². The molecule has 1 heterocycles. The molecule has 0 saturated carbocycles. The number of carbonyl (C=O) groups excluding carboxylic acids is 1. The Morgan fingerprint density at radius 1 is 1.64 bits per heavy atom. The highest BCUT2D eigenvalue weighted by Gasteiger charge is 2.22. The number of rotatable bonds is 2. The third kappa shape index (κ3) is 2.17. The number of nitrogens with zero attached hydrogens (tertiary/aromatic N) is 1. The molecule has 14 heavy (non-hydrogen) atoms. The van der Waals surface area contributed by atoms with Crippen molar-refractivity contribution in [1.29, 1.82) is 0 Å². The van der Waals surface area contributed by atoms with Crippen LogP contribution in [0, 0.1) is 3.70 Å². The quantitative estimate of drug-likeness (QED) is 0.478. The number of esters is 1. The van der Waals surface area contributed by atoms with Crippen LogP contribution in [0.2, 0.25) is 0 Å². The van der Waals surface area contributed by atoms with E-state index in [4.69, 9.17) is 0 Å². The van der Waals surface area contributed by atoms with Crippen molar-refractivity contribution in [2.24, 2.45) is 0 Å². The van der Waals surface area contributed by atoms with Crippen molar-refractivity contribution in [2.45, 2.75) is 6.43 Å². The lowest BCUT2D eigenvalue weighted by Crippen LogP contribution is -2.09. The Bertz CT molecular complexity index is 357. The molecule has 0 aliphatic rings. The minimum Gasteiger partial charge on any atom is -0.465 e. The second kappa shape index (κ2) is 4.63. The maximum Gasteiger partial charge on any atom is 0.341 e. The number of carbonyl (C=O) groups is 1. The van der Waals surface area contributed by atoms with E-state index in [2.05, 4.69) is 9.72 Å². The Kier molecular flexibility index (Phi) is 3.73. The lowest BCUT2D eigenvalue weighted by atomic mass is 10.1. The van der Waals surface area contributed by atoms with Crippen molar-refractivity contribution in [3.63, 3.8) is 0 Å². The van der Waals surface area contributed by atoms with Gasteiger partial charge in [0.1, 0.15) is 9.26 Å². The molecule has 0 amide bonds. The fourth-order valence-electron chi connectivity index (χ4n) is 0.936. The van der Waals surface area contributed by atoms with Gasteiger partial charge in [-0.2, -0.15) is 0 Å². The van der Waals surface area contributed by atoms with Crippen LogP contribution in [0.1, 0.15) is 22.3 Å².